The van der Waals surface area contributed by atoms with Crippen molar-refractivity contribution in [2.75, 3.05) is 13.7 Å². The molecular weight excluding hydrogens is 422 g/mol. The van der Waals surface area contributed by atoms with Gasteiger partial charge in [-0.15, -0.1) is 0 Å². The third-order valence-corrected chi connectivity index (χ3v) is 3.13. The van der Waals surface area contributed by atoms with Gasteiger partial charge in [-0.05, 0) is 64.2 Å². The molecule has 0 amide bonds. The van der Waals surface area contributed by atoms with Crippen LogP contribution in [0.1, 0.15) is 17.3 Å². The minimum absolute atomic E-state index is 0.342. The maximum absolute atomic E-state index is 11.6. The molecule has 0 spiro atoms. The lowest BCUT2D eigenvalue weighted by molar-refractivity contribution is 0.0522. The minimum Gasteiger partial charge on any atom is -0.495 e. The number of hydrogen-bond acceptors (Lipinski definition) is 3. The second kappa shape index (κ2) is 5.88. The van der Waals surface area contributed by atoms with Crippen molar-refractivity contribution in [3.8, 4) is 5.75 Å². The molecule has 0 aromatic heterocycles. The van der Waals surface area contributed by atoms with E-state index in [-0.39, 0.29) is 5.97 Å². The van der Waals surface area contributed by atoms with Gasteiger partial charge in [0.15, 0.2) is 0 Å². The van der Waals surface area contributed by atoms with Crippen LogP contribution in [0.3, 0.4) is 0 Å². The van der Waals surface area contributed by atoms with Gasteiger partial charge in [-0.2, -0.15) is 0 Å². The smallest absolute Gasteiger partial charge is 0.341 e. The molecule has 0 aliphatic carbocycles. The highest BCUT2D eigenvalue weighted by atomic mass is 127. The molecule has 1 aromatic carbocycles. The number of ether oxygens (including phenoxy) is 2. The largest absolute Gasteiger partial charge is 0.495 e. The molecule has 3 nitrogen and oxygen atoms in total. The van der Waals surface area contributed by atoms with Crippen molar-refractivity contribution >= 4 is 51.2 Å². The van der Waals surface area contributed by atoms with Gasteiger partial charge in [0.25, 0.3) is 0 Å². The van der Waals surface area contributed by atoms with E-state index in [0.29, 0.717) is 17.9 Å². The first-order valence-corrected chi connectivity index (χ1v) is 6.46. The molecule has 5 heteroatoms. The molecule has 1 rings (SSSR count). The van der Waals surface area contributed by atoms with Crippen molar-refractivity contribution < 1.29 is 14.3 Å². The summed E-state index contributed by atoms with van der Waals surface area (Å²) >= 11 is 4.29. The second-order valence-electron chi connectivity index (χ2n) is 2.69. The fraction of sp³-hybridized carbons (Fsp3) is 0.300. The van der Waals surface area contributed by atoms with Crippen LogP contribution in [0.4, 0.5) is 0 Å². The lowest BCUT2D eigenvalue weighted by Gasteiger charge is -2.10. The first kappa shape index (κ1) is 13.0. The molecule has 0 unspecified atom stereocenters. The molecule has 0 saturated carbocycles. The number of esters is 1. The third-order valence-electron chi connectivity index (χ3n) is 1.71. The minimum atomic E-state index is -0.342. The maximum atomic E-state index is 11.6. The molecular formula is C10H10I2O3. The normalized spacial score (nSPS) is 9.87. The van der Waals surface area contributed by atoms with E-state index >= 15 is 0 Å². The van der Waals surface area contributed by atoms with E-state index in [9.17, 15) is 4.79 Å². The number of benzene rings is 1. The highest BCUT2D eigenvalue weighted by molar-refractivity contribution is 14.1. The molecule has 0 radical (unpaired) electrons. The Morgan fingerprint density at radius 1 is 1.40 bits per heavy atom. The van der Waals surface area contributed by atoms with Crippen LogP contribution in [0.25, 0.3) is 0 Å². The van der Waals surface area contributed by atoms with E-state index in [1.807, 2.05) is 6.07 Å². The summed E-state index contributed by atoms with van der Waals surface area (Å²) < 4.78 is 12.0. The Balaban J connectivity index is 3.20. The van der Waals surface area contributed by atoms with Gasteiger partial charge in [0.2, 0.25) is 0 Å². The first-order valence-electron chi connectivity index (χ1n) is 4.30. The number of hydrogen-bond donors (Lipinski definition) is 0. The fourth-order valence-corrected chi connectivity index (χ4v) is 3.19. The zero-order valence-electron chi connectivity index (χ0n) is 8.34. The van der Waals surface area contributed by atoms with E-state index in [1.54, 1.807) is 20.1 Å². The Kier molecular flexibility index (Phi) is 5.10. The third kappa shape index (κ3) is 3.20. The molecule has 1 aromatic rings. The topological polar surface area (TPSA) is 35.5 Å². The predicted molar refractivity (Wildman–Crippen MR) is 74.4 cm³/mol. The molecule has 82 valence electrons. The van der Waals surface area contributed by atoms with E-state index < -0.39 is 0 Å². The SMILES string of the molecule is CCOC(=O)c1cc(I)cc(I)c1OC. The van der Waals surface area contributed by atoms with E-state index in [1.165, 1.54) is 0 Å². The zero-order valence-corrected chi connectivity index (χ0v) is 12.7. The van der Waals surface area contributed by atoms with Gasteiger partial charge >= 0.3 is 5.97 Å². The molecule has 0 saturated heterocycles. The summed E-state index contributed by atoms with van der Waals surface area (Å²) in [5.74, 6) is 0.236. The van der Waals surface area contributed by atoms with Crippen molar-refractivity contribution in [3.05, 3.63) is 24.8 Å². The highest BCUT2D eigenvalue weighted by Gasteiger charge is 2.16. The first-order chi connectivity index (χ1) is 7.10. The quantitative estimate of drug-likeness (QED) is 0.545. The van der Waals surface area contributed by atoms with E-state index in [4.69, 9.17) is 9.47 Å². The van der Waals surface area contributed by atoms with Crippen molar-refractivity contribution in [3.63, 3.8) is 0 Å². The lowest BCUT2D eigenvalue weighted by atomic mass is 10.2. The Morgan fingerprint density at radius 3 is 2.60 bits per heavy atom. The van der Waals surface area contributed by atoms with Gasteiger partial charge in [0, 0.05) is 3.57 Å². The number of rotatable bonds is 3. The van der Waals surface area contributed by atoms with Gasteiger partial charge in [-0.3, -0.25) is 0 Å². The van der Waals surface area contributed by atoms with Crippen molar-refractivity contribution in [1.82, 2.24) is 0 Å². The van der Waals surface area contributed by atoms with Crippen LogP contribution >= 0.6 is 45.2 Å². The Morgan fingerprint density at radius 2 is 2.07 bits per heavy atom. The van der Waals surface area contributed by atoms with Crippen molar-refractivity contribution in [2.45, 2.75) is 6.92 Å². The maximum Gasteiger partial charge on any atom is 0.341 e. The molecule has 0 aliphatic heterocycles. The van der Waals surface area contributed by atoms with Gasteiger partial charge in [0.1, 0.15) is 11.3 Å². The molecule has 0 N–H and O–H groups in total. The van der Waals surface area contributed by atoms with Crippen molar-refractivity contribution in [2.24, 2.45) is 0 Å². The summed E-state index contributed by atoms with van der Waals surface area (Å²) in [5.41, 5.74) is 0.482. The number of halogens is 2. The summed E-state index contributed by atoms with van der Waals surface area (Å²) in [5, 5.41) is 0. The average Bonchev–Trinajstić information content (AvgIpc) is 2.17. The van der Waals surface area contributed by atoms with Crippen LogP contribution in [0.2, 0.25) is 0 Å². The molecule has 0 aliphatic rings. The molecule has 0 heterocycles. The van der Waals surface area contributed by atoms with Crippen LogP contribution < -0.4 is 4.74 Å². The number of carbonyl (C=O) groups excluding carboxylic acids is 1. The van der Waals surface area contributed by atoms with Crippen LogP contribution in [0.15, 0.2) is 12.1 Å². The zero-order chi connectivity index (χ0) is 11.4. The number of methoxy groups -OCH3 is 1. The fourth-order valence-electron chi connectivity index (χ4n) is 1.13. The average molecular weight is 432 g/mol. The predicted octanol–water partition coefficient (Wildman–Crippen LogP) is 3.08. The van der Waals surface area contributed by atoms with Crippen molar-refractivity contribution in [1.29, 1.82) is 0 Å². The van der Waals surface area contributed by atoms with Crippen LogP contribution in [0, 0.1) is 7.14 Å². The molecule has 15 heavy (non-hydrogen) atoms. The summed E-state index contributed by atoms with van der Waals surface area (Å²) in [6.45, 7) is 2.15. The van der Waals surface area contributed by atoms with Gasteiger partial charge in [0.05, 0.1) is 17.3 Å². The van der Waals surface area contributed by atoms with E-state index in [0.717, 1.165) is 7.14 Å². The Hall–Kier alpha value is -0.0500. The molecule has 0 atom stereocenters. The van der Waals surface area contributed by atoms with E-state index in [2.05, 4.69) is 45.2 Å². The van der Waals surface area contributed by atoms with Gasteiger partial charge < -0.3 is 9.47 Å². The van der Waals surface area contributed by atoms with Crippen LogP contribution in [0.5, 0.6) is 5.75 Å². The standard InChI is InChI=1S/C10H10I2O3/c1-3-15-10(13)7-4-6(11)5-8(12)9(7)14-2/h4-5H,3H2,1-2H3. The Labute approximate surface area is 116 Å². The summed E-state index contributed by atoms with van der Waals surface area (Å²) in [4.78, 5) is 11.6. The van der Waals surface area contributed by atoms with Crippen LogP contribution in [-0.4, -0.2) is 19.7 Å². The Bertz CT molecular complexity index is 377. The summed E-state index contributed by atoms with van der Waals surface area (Å²) in [7, 11) is 1.55. The van der Waals surface area contributed by atoms with Crippen LogP contribution in [-0.2, 0) is 4.74 Å². The van der Waals surface area contributed by atoms with Gasteiger partial charge in [-0.1, -0.05) is 0 Å². The summed E-state index contributed by atoms with van der Waals surface area (Å²) in [6.07, 6.45) is 0. The molecule has 0 bridgehead atoms. The monoisotopic (exact) mass is 432 g/mol. The number of carbonyl (C=O) groups is 1. The summed E-state index contributed by atoms with van der Waals surface area (Å²) in [6, 6.07) is 3.71. The lowest BCUT2D eigenvalue weighted by Crippen LogP contribution is -2.08. The second-order valence-corrected chi connectivity index (χ2v) is 5.10. The highest BCUT2D eigenvalue weighted by Crippen LogP contribution is 2.28. The molecule has 0 fully saturated rings. The van der Waals surface area contributed by atoms with Gasteiger partial charge in [-0.25, -0.2) is 4.79 Å².